The third-order valence-corrected chi connectivity index (χ3v) is 2.72. The van der Waals surface area contributed by atoms with Gasteiger partial charge in [0.25, 0.3) is 5.91 Å². The zero-order valence-electron chi connectivity index (χ0n) is 7.80. The number of terminal acetylenes is 1. The van der Waals surface area contributed by atoms with Crippen molar-refractivity contribution >= 4 is 21.8 Å². The fourth-order valence-corrected chi connectivity index (χ4v) is 1.45. The highest BCUT2D eigenvalue weighted by molar-refractivity contribution is 9.10. The van der Waals surface area contributed by atoms with Gasteiger partial charge in [0, 0.05) is 10.0 Å². The summed E-state index contributed by atoms with van der Waals surface area (Å²) in [6.07, 6.45) is 5.05. The van der Waals surface area contributed by atoms with Crippen LogP contribution < -0.4 is 5.32 Å². The second-order valence-electron chi connectivity index (χ2n) is 2.80. The smallest absolute Gasteiger partial charge is 0.252 e. The SMILES string of the molecule is C#CCNC(=O)c1cccc(Br)c1C. The van der Waals surface area contributed by atoms with E-state index in [0.717, 1.165) is 10.0 Å². The maximum Gasteiger partial charge on any atom is 0.252 e. The zero-order chi connectivity index (χ0) is 10.6. The van der Waals surface area contributed by atoms with Gasteiger partial charge in [0.05, 0.1) is 6.54 Å². The van der Waals surface area contributed by atoms with Crippen molar-refractivity contribution < 1.29 is 4.79 Å². The molecule has 0 saturated heterocycles. The summed E-state index contributed by atoms with van der Waals surface area (Å²) in [5, 5.41) is 2.62. The Hall–Kier alpha value is -1.27. The lowest BCUT2D eigenvalue weighted by Crippen LogP contribution is -2.24. The number of amides is 1. The van der Waals surface area contributed by atoms with Crippen molar-refractivity contribution in [2.24, 2.45) is 0 Å². The van der Waals surface area contributed by atoms with E-state index in [1.54, 1.807) is 6.07 Å². The Morgan fingerprint density at radius 1 is 1.64 bits per heavy atom. The molecule has 1 rings (SSSR count). The van der Waals surface area contributed by atoms with Crippen LogP contribution in [0.5, 0.6) is 0 Å². The van der Waals surface area contributed by atoms with Gasteiger partial charge in [0.15, 0.2) is 0 Å². The molecular formula is C11H10BrNO. The van der Waals surface area contributed by atoms with Gasteiger partial charge in [-0.3, -0.25) is 4.79 Å². The molecular weight excluding hydrogens is 242 g/mol. The summed E-state index contributed by atoms with van der Waals surface area (Å²) in [5.41, 5.74) is 1.57. The summed E-state index contributed by atoms with van der Waals surface area (Å²) in [4.78, 5) is 11.5. The normalized spacial score (nSPS) is 9.21. The Labute approximate surface area is 91.8 Å². The van der Waals surface area contributed by atoms with Gasteiger partial charge < -0.3 is 5.32 Å². The number of benzene rings is 1. The van der Waals surface area contributed by atoms with Crippen LogP contribution >= 0.6 is 15.9 Å². The standard InChI is InChI=1S/C11H10BrNO/c1-3-7-13-11(14)9-5-4-6-10(12)8(9)2/h1,4-6H,7H2,2H3,(H,13,14). The van der Waals surface area contributed by atoms with Crippen LogP contribution in [0.1, 0.15) is 15.9 Å². The van der Waals surface area contributed by atoms with Crippen molar-refractivity contribution in [1.29, 1.82) is 0 Å². The topological polar surface area (TPSA) is 29.1 Å². The van der Waals surface area contributed by atoms with Crippen molar-refractivity contribution in [2.75, 3.05) is 6.54 Å². The van der Waals surface area contributed by atoms with Crippen molar-refractivity contribution in [3.05, 3.63) is 33.8 Å². The van der Waals surface area contributed by atoms with Gasteiger partial charge in [-0.25, -0.2) is 0 Å². The molecule has 1 N–H and O–H groups in total. The maximum atomic E-state index is 11.5. The van der Waals surface area contributed by atoms with Crippen LogP contribution in [0, 0.1) is 19.3 Å². The number of hydrogen-bond donors (Lipinski definition) is 1. The molecule has 0 aromatic heterocycles. The molecule has 0 unspecified atom stereocenters. The third-order valence-electron chi connectivity index (χ3n) is 1.86. The first-order valence-electron chi connectivity index (χ1n) is 4.13. The Kier molecular flexibility index (Phi) is 3.73. The van der Waals surface area contributed by atoms with E-state index >= 15 is 0 Å². The van der Waals surface area contributed by atoms with Crippen LogP contribution in [-0.2, 0) is 0 Å². The van der Waals surface area contributed by atoms with Gasteiger partial charge in [0.2, 0.25) is 0 Å². The summed E-state index contributed by atoms with van der Waals surface area (Å²) >= 11 is 3.36. The second-order valence-corrected chi connectivity index (χ2v) is 3.65. The Morgan fingerprint density at radius 3 is 3.00 bits per heavy atom. The highest BCUT2D eigenvalue weighted by Gasteiger charge is 2.08. The summed E-state index contributed by atoms with van der Waals surface area (Å²) < 4.78 is 0.922. The quantitative estimate of drug-likeness (QED) is 0.802. The maximum absolute atomic E-state index is 11.5. The number of halogens is 1. The van der Waals surface area contributed by atoms with E-state index in [1.807, 2.05) is 19.1 Å². The summed E-state index contributed by atoms with van der Waals surface area (Å²) in [6.45, 7) is 2.14. The van der Waals surface area contributed by atoms with Crippen LogP contribution in [0.25, 0.3) is 0 Å². The summed E-state index contributed by atoms with van der Waals surface area (Å²) in [6, 6.07) is 5.49. The monoisotopic (exact) mass is 251 g/mol. The molecule has 0 aliphatic heterocycles. The van der Waals surface area contributed by atoms with Crippen molar-refractivity contribution in [3.8, 4) is 12.3 Å². The number of hydrogen-bond acceptors (Lipinski definition) is 1. The lowest BCUT2D eigenvalue weighted by atomic mass is 10.1. The van der Waals surface area contributed by atoms with Crippen LogP contribution in [-0.4, -0.2) is 12.5 Å². The first kappa shape index (κ1) is 10.8. The molecule has 0 aliphatic carbocycles. The molecule has 0 heterocycles. The van der Waals surface area contributed by atoms with Crippen molar-refractivity contribution in [1.82, 2.24) is 5.32 Å². The van der Waals surface area contributed by atoms with E-state index in [-0.39, 0.29) is 12.5 Å². The molecule has 0 bridgehead atoms. The van der Waals surface area contributed by atoms with E-state index in [1.165, 1.54) is 0 Å². The van der Waals surface area contributed by atoms with Gasteiger partial charge in [-0.15, -0.1) is 6.42 Å². The molecule has 0 atom stereocenters. The van der Waals surface area contributed by atoms with Crippen molar-refractivity contribution in [3.63, 3.8) is 0 Å². The lowest BCUT2D eigenvalue weighted by molar-refractivity contribution is 0.0958. The minimum absolute atomic E-state index is 0.137. The van der Waals surface area contributed by atoms with Crippen LogP contribution in [0.3, 0.4) is 0 Å². The molecule has 1 aromatic carbocycles. The minimum atomic E-state index is -0.137. The predicted octanol–water partition coefficient (Wildman–Crippen LogP) is 2.12. The van der Waals surface area contributed by atoms with E-state index in [4.69, 9.17) is 6.42 Å². The minimum Gasteiger partial charge on any atom is -0.341 e. The Bertz CT molecular complexity index is 393. The molecule has 1 amide bonds. The number of carbonyl (C=O) groups is 1. The number of rotatable bonds is 2. The molecule has 1 aromatic rings. The molecule has 0 saturated carbocycles. The first-order valence-corrected chi connectivity index (χ1v) is 4.93. The van der Waals surface area contributed by atoms with Gasteiger partial charge in [0.1, 0.15) is 0 Å². The van der Waals surface area contributed by atoms with Crippen LogP contribution in [0.4, 0.5) is 0 Å². The average Bonchev–Trinajstić information content (AvgIpc) is 2.18. The van der Waals surface area contributed by atoms with Gasteiger partial charge in [-0.05, 0) is 24.6 Å². The molecule has 14 heavy (non-hydrogen) atoms. The van der Waals surface area contributed by atoms with Gasteiger partial charge in [-0.1, -0.05) is 27.9 Å². The Balaban J connectivity index is 2.91. The highest BCUT2D eigenvalue weighted by atomic mass is 79.9. The van der Waals surface area contributed by atoms with E-state index in [9.17, 15) is 4.79 Å². The van der Waals surface area contributed by atoms with Crippen LogP contribution in [0.15, 0.2) is 22.7 Å². The Morgan fingerprint density at radius 2 is 2.36 bits per heavy atom. The fraction of sp³-hybridized carbons (Fsp3) is 0.182. The van der Waals surface area contributed by atoms with E-state index < -0.39 is 0 Å². The number of carbonyl (C=O) groups excluding carboxylic acids is 1. The number of nitrogens with one attached hydrogen (secondary N) is 1. The van der Waals surface area contributed by atoms with Gasteiger partial charge in [-0.2, -0.15) is 0 Å². The van der Waals surface area contributed by atoms with E-state index in [2.05, 4.69) is 27.2 Å². The molecule has 3 heteroatoms. The van der Waals surface area contributed by atoms with E-state index in [0.29, 0.717) is 5.56 Å². The lowest BCUT2D eigenvalue weighted by Gasteiger charge is -2.06. The molecule has 72 valence electrons. The summed E-state index contributed by atoms with van der Waals surface area (Å²) in [5.74, 6) is 2.22. The molecule has 0 fully saturated rings. The third kappa shape index (κ3) is 2.36. The molecule has 0 aliphatic rings. The molecule has 2 nitrogen and oxygen atoms in total. The average molecular weight is 252 g/mol. The molecule has 0 radical (unpaired) electrons. The first-order chi connectivity index (χ1) is 6.66. The largest absolute Gasteiger partial charge is 0.341 e. The molecule has 0 spiro atoms. The van der Waals surface area contributed by atoms with Crippen LogP contribution in [0.2, 0.25) is 0 Å². The zero-order valence-corrected chi connectivity index (χ0v) is 9.39. The highest BCUT2D eigenvalue weighted by Crippen LogP contribution is 2.18. The second kappa shape index (κ2) is 4.83. The van der Waals surface area contributed by atoms with Gasteiger partial charge >= 0.3 is 0 Å². The summed E-state index contributed by atoms with van der Waals surface area (Å²) in [7, 11) is 0. The predicted molar refractivity (Wildman–Crippen MR) is 60.0 cm³/mol. The fourth-order valence-electron chi connectivity index (χ4n) is 1.08. The van der Waals surface area contributed by atoms with Crippen molar-refractivity contribution in [2.45, 2.75) is 6.92 Å².